The van der Waals surface area contributed by atoms with Crippen LogP contribution < -0.4 is 10.4 Å². The second kappa shape index (κ2) is 8.64. The summed E-state index contributed by atoms with van der Waals surface area (Å²) in [5.74, 6) is -0.916. The van der Waals surface area contributed by atoms with E-state index >= 15 is 0 Å². The molecule has 0 saturated carbocycles. The molecule has 2 aliphatic rings. The molecule has 0 saturated heterocycles. The van der Waals surface area contributed by atoms with Crippen LogP contribution in [0.2, 0.25) is 10.0 Å². The monoisotopic (exact) mass is 494 g/mol. The second-order valence-electron chi connectivity index (χ2n) is 9.04. The minimum absolute atomic E-state index is 0.0646. The van der Waals surface area contributed by atoms with Gasteiger partial charge in [-0.3, -0.25) is 9.59 Å². The molecule has 0 heterocycles. The first kappa shape index (κ1) is 22.0. The predicted octanol–water partition coefficient (Wildman–Crippen LogP) is 5.73. The number of hydrogen-bond acceptors (Lipinski definition) is 2. The van der Waals surface area contributed by atoms with Crippen molar-refractivity contribution in [2.75, 3.05) is 0 Å². The van der Waals surface area contributed by atoms with Crippen molar-refractivity contribution < 1.29 is 9.59 Å². The van der Waals surface area contributed by atoms with Crippen LogP contribution in [0.4, 0.5) is 0 Å². The predicted molar refractivity (Wildman–Crippen MR) is 140 cm³/mol. The molecule has 4 heteroatoms. The molecule has 2 unspecified atom stereocenters. The normalized spacial score (nSPS) is 18.1. The van der Waals surface area contributed by atoms with Crippen LogP contribution >= 0.6 is 23.2 Å². The fraction of sp³-hybridized carbons (Fsp3) is 0.0968. The van der Waals surface area contributed by atoms with Gasteiger partial charge in [-0.25, -0.2) is 0 Å². The van der Waals surface area contributed by atoms with Gasteiger partial charge in [-0.15, -0.1) is 0 Å². The van der Waals surface area contributed by atoms with Crippen LogP contribution in [0, 0.1) is 10.4 Å². The summed E-state index contributed by atoms with van der Waals surface area (Å²) < 4.78 is 0. The van der Waals surface area contributed by atoms with E-state index in [2.05, 4.69) is 0 Å². The van der Waals surface area contributed by atoms with E-state index < -0.39 is 11.8 Å². The standard InChI is InChI=1S/C31H20Cl2O2/c32-22-12-10-20(27(33)17-22)14-26-29-21(15-25(31(26)35)18-6-2-1-3-7-18)11-13-24-23-9-5-4-8-19(23)16-28(34)30(24)29/h1-13,15-17,25-26H,14H2. The third kappa shape index (κ3) is 3.74. The Morgan fingerprint density at radius 1 is 0.743 bits per heavy atom. The Morgan fingerprint density at radius 3 is 2.31 bits per heavy atom. The molecule has 170 valence electrons. The van der Waals surface area contributed by atoms with Crippen molar-refractivity contribution in [1.29, 1.82) is 0 Å². The van der Waals surface area contributed by atoms with Gasteiger partial charge < -0.3 is 0 Å². The first-order chi connectivity index (χ1) is 17.0. The molecule has 0 amide bonds. The van der Waals surface area contributed by atoms with Gasteiger partial charge in [-0.2, -0.15) is 0 Å². The summed E-state index contributed by atoms with van der Waals surface area (Å²) >= 11 is 12.7. The highest BCUT2D eigenvalue weighted by atomic mass is 35.5. The van der Waals surface area contributed by atoms with Crippen molar-refractivity contribution in [3.05, 3.63) is 138 Å². The molecule has 35 heavy (non-hydrogen) atoms. The summed E-state index contributed by atoms with van der Waals surface area (Å²) in [5, 5.41) is 4.77. The first-order valence-corrected chi connectivity index (χ1v) is 12.3. The number of carbonyl (C=O) groups is 2. The molecule has 4 aromatic carbocycles. The van der Waals surface area contributed by atoms with E-state index in [0.29, 0.717) is 22.0 Å². The van der Waals surface area contributed by atoms with Crippen LogP contribution in [0.25, 0.3) is 12.2 Å². The highest BCUT2D eigenvalue weighted by molar-refractivity contribution is 6.35. The van der Waals surface area contributed by atoms with Crippen molar-refractivity contribution in [3.8, 4) is 0 Å². The molecule has 6 rings (SSSR count). The number of Topliss-reactive ketones (excluding diaryl/α,β-unsaturated/α-hetero) is 2. The average molecular weight is 495 g/mol. The summed E-state index contributed by atoms with van der Waals surface area (Å²) in [5.41, 5.74) is 3.18. The fourth-order valence-electron chi connectivity index (χ4n) is 5.38. The summed E-state index contributed by atoms with van der Waals surface area (Å²) in [6, 6.07) is 27.1. The largest absolute Gasteiger partial charge is 0.298 e. The topological polar surface area (TPSA) is 34.1 Å². The smallest absolute Gasteiger partial charge is 0.187 e. The van der Waals surface area contributed by atoms with E-state index in [1.165, 1.54) is 0 Å². The van der Waals surface area contributed by atoms with Crippen LogP contribution in [0.15, 0.2) is 84.9 Å². The molecule has 0 N–H and O–H groups in total. The van der Waals surface area contributed by atoms with Gasteiger partial charge in [-0.1, -0.05) is 102 Å². The first-order valence-electron chi connectivity index (χ1n) is 11.5. The maximum Gasteiger partial charge on any atom is 0.187 e. The lowest BCUT2D eigenvalue weighted by atomic mass is 9.73. The molecule has 0 spiro atoms. The number of carbonyl (C=O) groups excluding carboxylic acids is 2. The third-order valence-electron chi connectivity index (χ3n) is 7.01. The van der Waals surface area contributed by atoms with Gasteiger partial charge >= 0.3 is 0 Å². The van der Waals surface area contributed by atoms with Gasteiger partial charge in [0.15, 0.2) is 11.6 Å². The van der Waals surface area contributed by atoms with Crippen molar-refractivity contribution in [2.45, 2.75) is 18.3 Å². The van der Waals surface area contributed by atoms with Crippen LogP contribution in [0.5, 0.6) is 0 Å². The molecule has 0 fully saturated rings. The van der Waals surface area contributed by atoms with Crippen LogP contribution in [-0.4, -0.2) is 11.6 Å². The third-order valence-corrected chi connectivity index (χ3v) is 7.59. The van der Waals surface area contributed by atoms with Gasteiger partial charge in [0.2, 0.25) is 0 Å². The molecule has 2 aliphatic carbocycles. The average Bonchev–Trinajstić information content (AvgIpc) is 2.87. The van der Waals surface area contributed by atoms with Gasteiger partial charge in [0, 0.05) is 21.5 Å². The van der Waals surface area contributed by atoms with Crippen molar-refractivity contribution in [1.82, 2.24) is 0 Å². The van der Waals surface area contributed by atoms with Gasteiger partial charge in [-0.05, 0) is 62.2 Å². The number of benzene rings is 4. The molecule has 2 nitrogen and oxygen atoms in total. The van der Waals surface area contributed by atoms with Crippen LogP contribution in [0.3, 0.4) is 0 Å². The lowest BCUT2D eigenvalue weighted by Crippen LogP contribution is -2.35. The lowest BCUT2D eigenvalue weighted by molar-refractivity contribution is -0.120. The quantitative estimate of drug-likeness (QED) is 0.364. The number of ketones is 2. The van der Waals surface area contributed by atoms with Gasteiger partial charge in [0.1, 0.15) is 0 Å². The van der Waals surface area contributed by atoms with Crippen molar-refractivity contribution in [2.24, 2.45) is 0 Å². The summed E-state index contributed by atoms with van der Waals surface area (Å²) in [6.45, 7) is 0. The summed E-state index contributed by atoms with van der Waals surface area (Å²) in [7, 11) is 0. The SMILES string of the molecule is O=C1C=c2ccccc2=c2ccc3c(c21)C(Cc1ccc(Cl)cc1Cl)C(=O)C(c1ccccc1)C=3. The minimum atomic E-state index is -0.517. The Balaban J connectivity index is 1.65. The van der Waals surface area contributed by atoms with Crippen molar-refractivity contribution in [3.63, 3.8) is 0 Å². The zero-order chi connectivity index (χ0) is 24.1. The molecular weight excluding hydrogens is 475 g/mol. The van der Waals surface area contributed by atoms with E-state index in [-0.39, 0.29) is 11.6 Å². The summed E-state index contributed by atoms with van der Waals surface area (Å²) in [6.07, 6.45) is 4.07. The lowest BCUT2D eigenvalue weighted by Gasteiger charge is -2.29. The second-order valence-corrected chi connectivity index (χ2v) is 9.88. The molecule has 0 aromatic heterocycles. The van der Waals surface area contributed by atoms with E-state index in [1.807, 2.05) is 78.9 Å². The van der Waals surface area contributed by atoms with E-state index in [9.17, 15) is 9.59 Å². The molecular formula is C31H20Cl2O2. The van der Waals surface area contributed by atoms with Crippen molar-refractivity contribution >= 4 is 46.9 Å². The van der Waals surface area contributed by atoms with E-state index in [1.54, 1.807) is 18.2 Å². The minimum Gasteiger partial charge on any atom is -0.298 e. The summed E-state index contributed by atoms with van der Waals surface area (Å²) in [4.78, 5) is 27.6. The zero-order valence-corrected chi connectivity index (χ0v) is 20.2. The Labute approximate surface area is 212 Å². The molecule has 0 radical (unpaired) electrons. The Bertz CT molecular complexity index is 1740. The Kier molecular flexibility index (Phi) is 5.44. The maximum absolute atomic E-state index is 14.1. The highest BCUT2D eigenvalue weighted by Gasteiger charge is 2.36. The van der Waals surface area contributed by atoms with E-state index in [0.717, 1.165) is 37.6 Å². The van der Waals surface area contributed by atoms with Gasteiger partial charge in [0.25, 0.3) is 0 Å². The fourth-order valence-corrected chi connectivity index (χ4v) is 5.86. The Morgan fingerprint density at radius 2 is 1.51 bits per heavy atom. The van der Waals surface area contributed by atoms with Crippen LogP contribution in [0.1, 0.15) is 38.9 Å². The van der Waals surface area contributed by atoms with Gasteiger partial charge in [0.05, 0.1) is 5.92 Å². The molecule has 0 bridgehead atoms. The molecule has 0 aliphatic heterocycles. The maximum atomic E-state index is 14.1. The number of hydrogen-bond donors (Lipinski definition) is 0. The molecule has 4 aromatic rings. The Hall–Kier alpha value is -3.46. The highest BCUT2D eigenvalue weighted by Crippen LogP contribution is 2.36. The zero-order valence-electron chi connectivity index (χ0n) is 18.7. The number of rotatable bonds is 3. The molecule has 2 atom stereocenters. The van der Waals surface area contributed by atoms with Crippen LogP contribution in [-0.2, 0) is 11.2 Å². The number of fused-ring (bicyclic) bond motifs is 4. The van der Waals surface area contributed by atoms with E-state index in [4.69, 9.17) is 23.2 Å². The number of halogens is 2.